The molecular weight excluding hydrogens is 281 g/mol. The van der Waals surface area contributed by atoms with Crippen molar-refractivity contribution in [3.63, 3.8) is 0 Å². The number of alkyl halides is 3. The van der Waals surface area contributed by atoms with Crippen LogP contribution in [0.5, 0.6) is 0 Å². The molecule has 0 aliphatic carbocycles. The maximum Gasteiger partial charge on any atom is 0.411 e. The van der Waals surface area contributed by atoms with Gasteiger partial charge >= 0.3 is 18.2 Å². The van der Waals surface area contributed by atoms with Crippen molar-refractivity contribution in [3.05, 3.63) is 0 Å². The Morgan fingerprint density at radius 3 is 2.40 bits per heavy atom. The minimum absolute atomic E-state index is 0.0343. The van der Waals surface area contributed by atoms with Crippen LogP contribution < -0.4 is 10.6 Å². The fraction of sp³-hybridized carbons (Fsp3) is 0.818. The van der Waals surface area contributed by atoms with Gasteiger partial charge in [-0.2, -0.15) is 13.2 Å². The van der Waals surface area contributed by atoms with Crippen LogP contribution in [0, 0.1) is 5.92 Å². The van der Waals surface area contributed by atoms with Crippen LogP contribution in [0.1, 0.15) is 19.8 Å². The van der Waals surface area contributed by atoms with Crippen LogP contribution in [0.25, 0.3) is 0 Å². The molecule has 9 heteroatoms. The zero-order valence-corrected chi connectivity index (χ0v) is 11.1. The third kappa shape index (κ3) is 11.6. The number of ether oxygens (including phenoxy) is 1. The molecule has 0 radical (unpaired) electrons. The van der Waals surface area contributed by atoms with E-state index in [1.165, 1.54) is 0 Å². The van der Waals surface area contributed by atoms with E-state index in [2.05, 4.69) is 15.4 Å². The molecule has 0 aliphatic rings. The molecule has 0 aromatic heterocycles. The molecule has 0 rings (SSSR count). The molecule has 0 aromatic carbocycles. The Balaban J connectivity index is 3.44. The maximum atomic E-state index is 11.7. The number of halogens is 3. The first-order valence-electron chi connectivity index (χ1n) is 6.11. The average Bonchev–Trinajstić information content (AvgIpc) is 2.32. The van der Waals surface area contributed by atoms with Gasteiger partial charge in [0.05, 0.1) is 12.5 Å². The van der Waals surface area contributed by atoms with E-state index in [4.69, 9.17) is 5.11 Å². The Hall–Kier alpha value is -1.51. The molecule has 2 amide bonds. The Morgan fingerprint density at radius 1 is 1.25 bits per heavy atom. The predicted octanol–water partition coefficient (Wildman–Crippen LogP) is 1.37. The molecule has 0 aliphatic heterocycles. The van der Waals surface area contributed by atoms with Gasteiger partial charge in [-0.15, -0.1) is 0 Å². The van der Waals surface area contributed by atoms with E-state index in [1.807, 2.05) is 0 Å². The highest BCUT2D eigenvalue weighted by molar-refractivity contribution is 5.73. The average molecular weight is 300 g/mol. The lowest BCUT2D eigenvalue weighted by atomic mass is 10.1. The zero-order valence-electron chi connectivity index (χ0n) is 11.1. The lowest BCUT2D eigenvalue weighted by Crippen LogP contribution is -2.38. The van der Waals surface area contributed by atoms with E-state index >= 15 is 0 Å². The Kier molecular flexibility index (Phi) is 8.69. The molecule has 0 saturated heterocycles. The van der Waals surface area contributed by atoms with Crippen LogP contribution in [0.15, 0.2) is 0 Å². The first kappa shape index (κ1) is 18.5. The maximum absolute atomic E-state index is 11.7. The van der Waals surface area contributed by atoms with Crippen molar-refractivity contribution in [2.45, 2.75) is 25.9 Å². The van der Waals surface area contributed by atoms with Gasteiger partial charge in [-0.1, -0.05) is 6.92 Å². The van der Waals surface area contributed by atoms with E-state index < -0.39 is 30.7 Å². The Bertz CT molecular complexity index is 311. The van der Waals surface area contributed by atoms with E-state index in [9.17, 15) is 22.8 Å². The lowest BCUT2D eigenvalue weighted by molar-refractivity contribution is -0.173. The summed E-state index contributed by atoms with van der Waals surface area (Å²) in [6.45, 7) is 0.257. The number of rotatable bonds is 9. The van der Waals surface area contributed by atoms with Crippen molar-refractivity contribution < 1.29 is 32.6 Å². The molecular formula is C11H19F3N2O4. The molecule has 1 unspecified atom stereocenters. The van der Waals surface area contributed by atoms with Crippen LogP contribution in [0.4, 0.5) is 18.0 Å². The second kappa shape index (κ2) is 9.40. The van der Waals surface area contributed by atoms with Gasteiger partial charge in [0.15, 0.2) is 0 Å². The molecule has 118 valence electrons. The van der Waals surface area contributed by atoms with Crippen LogP contribution in [-0.4, -0.2) is 49.6 Å². The first-order chi connectivity index (χ1) is 9.22. The number of carbonyl (C=O) groups excluding carboxylic acids is 1. The standard InChI is InChI=1S/C11H19F3N2O4/c1-8(9(17)18)3-2-4-15-10(19)16-5-6-20-7-11(12,13)14/h8H,2-7H2,1H3,(H,17,18)(H2,15,16,19). The van der Waals surface area contributed by atoms with Crippen molar-refractivity contribution in [1.29, 1.82) is 0 Å². The highest BCUT2D eigenvalue weighted by atomic mass is 19.4. The highest BCUT2D eigenvalue weighted by Gasteiger charge is 2.27. The van der Waals surface area contributed by atoms with Crippen LogP contribution in [-0.2, 0) is 9.53 Å². The molecule has 0 aromatic rings. The second-order valence-corrected chi connectivity index (χ2v) is 4.23. The van der Waals surface area contributed by atoms with Crippen molar-refractivity contribution in [2.24, 2.45) is 5.92 Å². The smallest absolute Gasteiger partial charge is 0.411 e. The molecule has 20 heavy (non-hydrogen) atoms. The van der Waals surface area contributed by atoms with Gasteiger partial charge < -0.3 is 20.5 Å². The summed E-state index contributed by atoms with van der Waals surface area (Å²) in [4.78, 5) is 21.7. The molecule has 0 bridgehead atoms. The number of urea groups is 1. The second-order valence-electron chi connectivity index (χ2n) is 4.23. The third-order valence-corrected chi connectivity index (χ3v) is 2.32. The number of aliphatic carboxylic acids is 1. The summed E-state index contributed by atoms with van der Waals surface area (Å²) in [5.41, 5.74) is 0. The minimum atomic E-state index is -4.37. The lowest BCUT2D eigenvalue weighted by Gasteiger charge is -2.10. The first-order valence-corrected chi connectivity index (χ1v) is 6.11. The summed E-state index contributed by atoms with van der Waals surface area (Å²) in [5, 5.41) is 13.4. The monoisotopic (exact) mass is 300 g/mol. The number of carbonyl (C=O) groups is 2. The van der Waals surface area contributed by atoms with Crippen molar-refractivity contribution in [1.82, 2.24) is 10.6 Å². The van der Waals surface area contributed by atoms with Crippen LogP contribution in [0.2, 0.25) is 0 Å². The summed E-state index contributed by atoms with van der Waals surface area (Å²) >= 11 is 0. The van der Waals surface area contributed by atoms with Crippen LogP contribution >= 0.6 is 0 Å². The van der Waals surface area contributed by atoms with Gasteiger partial charge in [-0.3, -0.25) is 4.79 Å². The van der Waals surface area contributed by atoms with Gasteiger partial charge in [-0.25, -0.2) is 4.79 Å². The molecule has 0 saturated carbocycles. The summed E-state index contributed by atoms with van der Waals surface area (Å²) in [7, 11) is 0. The van der Waals surface area contributed by atoms with E-state index in [-0.39, 0.29) is 13.2 Å². The fourth-order valence-electron chi connectivity index (χ4n) is 1.22. The van der Waals surface area contributed by atoms with E-state index in [1.54, 1.807) is 6.92 Å². The highest BCUT2D eigenvalue weighted by Crippen LogP contribution is 2.13. The van der Waals surface area contributed by atoms with Crippen molar-refractivity contribution >= 4 is 12.0 Å². The Morgan fingerprint density at radius 2 is 1.85 bits per heavy atom. The van der Waals surface area contributed by atoms with Crippen molar-refractivity contribution in [3.8, 4) is 0 Å². The number of hydrogen-bond acceptors (Lipinski definition) is 3. The van der Waals surface area contributed by atoms with Crippen LogP contribution in [0.3, 0.4) is 0 Å². The van der Waals surface area contributed by atoms with E-state index in [0.29, 0.717) is 19.4 Å². The molecule has 0 heterocycles. The van der Waals surface area contributed by atoms with E-state index in [0.717, 1.165) is 0 Å². The zero-order chi connectivity index (χ0) is 15.6. The number of carboxylic acid groups (broad SMARTS) is 1. The van der Waals surface area contributed by atoms with Gasteiger partial charge in [0.25, 0.3) is 0 Å². The minimum Gasteiger partial charge on any atom is -0.481 e. The summed E-state index contributed by atoms with van der Waals surface area (Å²) in [5.74, 6) is -1.37. The summed E-state index contributed by atoms with van der Waals surface area (Å²) in [6, 6.07) is -0.524. The number of hydrogen-bond donors (Lipinski definition) is 3. The largest absolute Gasteiger partial charge is 0.481 e. The predicted molar refractivity (Wildman–Crippen MR) is 64.3 cm³/mol. The normalized spacial score (nSPS) is 12.8. The number of amides is 2. The van der Waals surface area contributed by atoms with Gasteiger partial charge in [-0.05, 0) is 12.8 Å². The summed E-state index contributed by atoms with van der Waals surface area (Å²) in [6.07, 6.45) is -3.43. The molecule has 3 N–H and O–H groups in total. The molecule has 0 spiro atoms. The quantitative estimate of drug-likeness (QED) is 0.561. The number of carboxylic acids is 1. The number of nitrogens with one attached hydrogen (secondary N) is 2. The molecule has 0 fully saturated rings. The SMILES string of the molecule is CC(CCCNC(=O)NCCOCC(F)(F)F)C(=O)O. The molecule has 1 atom stereocenters. The van der Waals surface area contributed by atoms with Crippen molar-refractivity contribution in [2.75, 3.05) is 26.3 Å². The fourth-order valence-corrected chi connectivity index (χ4v) is 1.22. The van der Waals surface area contributed by atoms with Gasteiger partial charge in [0.2, 0.25) is 0 Å². The molecule has 6 nitrogen and oxygen atoms in total. The summed E-state index contributed by atoms with van der Waals surface area (Å²) < 4.78 is 39.4. The van der Waals surface area contributed by atoms with Gasteiger partial charge in [0.1, 0.15) is 6.61 Å². The topological polar surface area (TPSA) is 87.7 Å². The Labute approximate surface area is 114 Å². The van der Waals surface area contributed by atoms with Gasteiger partial charge in [0, 0.05) is 13.1 Å². The third-order valence-electron chi connectivity index (χ3n) is 2.32.